The lowest BCUT2D eigenvalue weighted by molar-refractivity contribution is 0.297. The molecule has 1 atom stereocenters. The van der Waals surface area contributed by atoms with Gasteiger partial charge in [-0.2, -0.15) is 5.10 Å². The SMILES string of the molecule is CCNC(c1ccc2c(c1)OCCCO2)c1cnn(C)c1. The first-order chi connectivity index (χ1) is 10.3. The van der Waals surface area contributed by atoms with Crippen LogP contribution in [-0.4, -0.2) is 29.5 Å². The second kappa shape index (κ2) is 6.18. The molecule has 0 amide bonds. The third kappa shape index (κ3) is 3.03. The average Bonchev–Trinajstić information content (AvgIpc) is 2.78. The van der Waals surface area contributed by atoms with Gasteiger partial charge in [-0.05, 0) is 24.2 Å². The molecule has 0 bridgehead atoms. The van der Waals surface area contributed by atoms with E-state index in [1.165, 1.54) is 0 Å². The molecule has 5 heteroatoms. The first kappa shape index (κ1) is 13.9. The molecule has 112 valence electrons. The number of aryl methyl sites for hydroxylation is 1. The second-order valence-electron chi connectivity index (χ2n) is 5.19. The van der Waals surface area contributed by atoms with Crippen LogP contribution < -0.4 is 14.8 Å². The van der Waals surface area contributed by atoms with Crippen LogP contribution in [0.15, 0.2) is 30.6 Å². The van der Waals surface area contributed by atoms with E-state index in [-0.39, 0.29) is 6.04 Å². The summed E-state index contributed by atoms with van der Waals surface area (Å²) in [7, 11) is 1.93. The van der Waals surface area contributed by atoms with Crippen molar-refractivity contribution in [1.82, 2.24) is 15.1 Å². The van der Waals surface area contributed by atoms with Crippen molar-refractivity contribution in [1.29, 1.82) is 0 Å². The van der Waals surface area contributed by atoms with E-state index in [4.69, 9.17) is 9.47 Å². The molecule has 0 radical (unpaired) electrons. The summed E-state index contributed by atoms with van der Waals surface area (Å²) in [6.07, 6.45) is 4.86. The monoisotopic (exact) mass is 287 g/mol. The van der Waals surface area contributed by atoms with Crippen molar-refractivity contribution in [3.63, 3.8) is 0 Å². The number of nitrogens with one attached hydrogen (secondary N) is 1. The van der Waals surface area contributed by atoms with Crippen LogP contribution in [0.5, 0.6) is 11.5 Å². The van der Waals surface area contributed by atoms with E-state index in [1.807, 2.05) is 30.2 Å². The Labute approximate surface area is 124 Å². The van der Waals surface area contributed by atoms with Gasteiger partial charge in [0, 0.05) is 25.2 Å². The first-order valence-electron chi connectivity index (χ1n) is 7.39. The Hall–Kier alpha value is -2.01. The Bertz CT molecular complexity index is 609. The molecule has 3 rings (SSSR count). The molecule has 0 aliphatic carbocycles. The highest BCUT2D eigenvalue weighted by Gasteiger charge is 2.18. The summed E-state index contributed by atoms with van der Waals surface area (Å²) in [5.41, 5.74) is 2.31. The number of aromatic nitrogens is 2. The summed E-state index contributed by atoms with van der Waals surface area (Å²) in [4.78, 5) is 0. The van der Waals surface area contributed by atoms with Crippen molar-refractivity contribution < 1.29 is 9.47 Å². The lowest BCUT2D eigenvalue weighted by atomic mass is 10.0. The maximum atomic E-state index is 5.78. The average molecular weight is 287 g/mol. The predicted molar refractivity (Wildman–Crippen MR) is 80.8 cm³/mol. The van der Waals surface area contributed by atoms with Gasteiger partial charge in [-0.1, -0.05) is 13.0 Å². The molecule has 1 unspecified atom stereocenters. The van der Waals surface area contributed by atoms with Gasteiger partial charge in [-0.25, -0.2) is 0 Å². The van der Waals surface area contributed by atoms with Crippen LogP contribution in [0.3, 0.4) is 0 Å². The van der Waals surface area contributed by atoms with Crippen molar-refractivity contribution in [3.8, 4) is 11.5 Å². The van der Waals surface area contributed by atoms with Crippen molar-refractivity contribution in [2.45, 2.75) is 19.4 Å². The van der Waals surface area contributed by atoms with E-state index in [0.29, 0.717) is 13.2 Å². The van der Waals surface area contributed by atoms with E-state index >= 15 is 0 Å². The summed E-state index contributed by atoms with van der Waals surface area (Å²) < 4.78 is 13.3. The number of nitrogens with zero attached hydrogens (tertiary/aromatic N) is 2. The second-order valence-corrected chi connectivity index (χ2v) is 5.19. The Kier molecular flexibility index (Phi) is 4.10. The quantitative estimate of drug-likeness (QED) is 0.937. The molecular formula is C16H21N3O2. The highest BCUT2D eigenvalue weighted by Crippen LogP contribution is 2.33. The van der Waals surface area contributed by atoms with E-state index in [9.17, 15) is 0 Å². The molecule has 1 aliphatic rings. The van der Waals surface area contributed by atoms with E-state index in [0.717, 1.165) is 35.6 Å². The predicted octanol–water partition coefficient (Wildman–Crippen LogP) is 2.28. The van der Waals surface area contributed by atoms with Crippen molar-refractivity contribution in [2.24, 2.45) is 7.05 Å². The van der Waals surface area contributed by atoms with Gasteiger partial charge in [0.15, 0.2) is 11.5 Å². The van der Waals surface area contributed by atoms with Crippen molar-refractivity contribution in [3.05, 3.63) is 41.7 Å². The van der Waals surface area contributed by atoms with Gasteiger partial charge in [0.1, 0.15) is 0 Å². The zero-order valence-corrected chi connectivity index (χ0v) is 12.5. The standard InChI is InChI=1S/C16H21N3O2/c1-3-17-16(13-10-18-19(2)11-13)12-5-6-14-15(9-12)21-8-4-7-20-14/h5-6,9-11,16-17H,3-4,7-8H2,1-2H3. The summed E-state index contributed by atoms with van der Waals surface area (Å²) in [6, 6.07) is 6.27. The van der Waals surface area contributed by atoms with E-state index < -0.39 is 0 Å². The van der Waals surface area contributed by atoms with Crippen LogP contribution in [0.4, 0.5) is 0 Å². The largest absolute Gasteiger partial charge is 0.490 e. The molecule has 1 N–H and O–H groups in total. The Morgan fingerprint density at radius 1 is 1.24 bits per heavy atom. The molecular weight excluding hydrogens is 266 g/mol. The Morgan fingerprint density at radius 2 is 2.05 bits per heavy atom. The highest BCUT2D eigenvalue weighted by atomic mass is 16.5. The Morgan fingerprint density at radius 3 is 2.76 bits per heavy atom. The number of benzene rings is 1. The molecule has 1 aliphatic heterocycles. The van der Waals surface area contributed by atoms with E-state index in [2.05, 4.69) is 29.5 Å². The minimum Gasteiger partial charge on any atom is -0.490 e. The van der Waals surface area contributed by atoms with Gasteiger partial charge < -0.3 is 14.8 Å². The van der Waals surface area contributed by atoms with Crippen molar-refractivity contribution in [2.75, 3.05) is 19.8 Å². The van der Waals surface area contributed by atoms with Gasteiger partial charge in [0.2, 0.25) is 0 Å². The molecule has 2 aromatic rings. The molecule has 0 spiro atoms. The smallest absolute Gasteiger partial charge is 0.161 e. The third-order valence-electron chi connectivity index (χ3n) is 3.57. The van der Waals surface area contributed by atoms with Gasteiger partial charge in [0.05, 0.1) is 25.5 Å². The fourth-order valence-electron chi connectivity index (χ4n) is 2.58. The highest BCUT2D eigenvalue weighted by molar-refractivity contribution is 5.46. The molecule has 0 fully saturated rings. The van der Waals surface area contributed by atoms with E-state index in [1.54, 1.807) is 0 Å². The molecule has 0 saturated carbocycles. The van der Waals surface area contributed by atoms with Gasteiger partial charge in [0.25, 0.3) is 0 Å². The molecule has 21 heavy (non-hydrogen) atoms. The van der Waals surface area contributed by atoms with Crippen LogP contribution >= 0.6 is 0 Å². The molecule has 1 aromatic carbocycles. The van der Waals surface area contributed by atoms with Crippen LogP contribution in [-0.2, 0) is 7.05 Å². The maximum absolute atomic E-state index is 5.78. The zero-order chi connectivity index (χ0) is 14.7. The van der Waals surface area contributed by atoms with Crippen LogP contribution in [0.1, 0.15) is 30.5 Å². The summed E-state index contributed by atoms with van der Waals surface area (Å²) in [5, 5.41) is 7.77. The van der Waals surface area contributed by atoms with Crippen molar-refractivity contribution >= 4 is 0 Å². The Balaban J connectivity index is 1.94. The lowest BCUT2D eigenvalue weighted by Crippen LogP contribution is -2.21. The molecule has 1 aromatic heterocycles. The summed E-state index contributed by atoms with van der Waals surface area (Å²) >= 11 is 0. The van der Waals surface area contributed by atoms with Gasteiger partial charge >= 0.3 is 0 Å². The van der Waals surface area contributed by atoms with Gasteiger partial charge in [-0.3, -0.25) is 4.68 Å². The topological polar surface area (TPSA) is 48.3 Å². The fourth-order valence-corrected chi connectivity index (χ4v) is 2.58. The fraction of sp³-hybridized carbons (Fsp3) is 0.438. The molecule has 5 nitrogen and oxygen atoms in total. The van der Waals surface area contributed by atoms with Crippen LogP contribution in [0, 0.1) is 0 Å². The number of fused-ring (bicyclic) bond motifs is 1. The normalized spacial score (nSPS) is 15.5. The number of rotatable bonds is 4. The molecule has 0 saturated heterocycles. The molecule has 2 heterocycles. The zero-order valence-electron chi connectivity index (χ0n) is 12.5. The van der Waals surface area contributed by atoms with Crippen LogP contribution in [0.25, 0.3) is 0 Å². The van der Waals surface area contributed by atoms with Crippen LogP contribution in [0.2, 0.25) is 0 Å². The maximum Gasteiger partial charge on any atom is 0.161 e. The minimum absolute atomic E-state index is 0.112. The third-order valence-corrected chi connectivity index (χ3v) is 3.57. The number of ether oxygens (including phenoxy) is 2. The first-order valence-corrected chi connectivity index (χ1v) is 7.39. The summed E-state index contributed by atoms with van der Waals surface area (Å²) in [5.74, 6) is 1.66. The number of hydrogen-bond donors (Lipinski definition) is 1. The minimum atomic E-state index is 0.112. The lowest BCUT2D eigenvalue weighted by Gasteiger charge is -2.18. The number of hydrogen-bond acceptors (Lipinski definition) is 4. The van der Waals surface area contributed by atoms with Gasteiger partial charge in [-0.15, -0.1) is 0 Å². The summed E-state index contributed by atoms with van der Waals surface area (Å²) in [6.45, 7) is 4.40.